The number of aromatic nitrogens is 2. The fraction of sp³-hybridized carbons (Fsp3) is 0.320. The molecule has 0 saturated carbocycles. The van der Waals surface area contributed by atoms with Gasteiger partial charge in [0.15, 0.2) is 11.6 Å². The largest absolute Gasteiger partial charge is 0.469 e. The van der Waals surface area contributed by atoms with Gasteiger partial charge in [-0.3, -0.25) is 10.1 Å². The van der Waals surface area contributed by atoms with Crippen molar-refractivity contribution in [2.75, 3.05) is 26.1 Å². The average Bonchev–Trinajstić information content (AvgIpc) is 3.39. The summed E-state index contributed by atoms with van der Waals surface area (Å²) in [7, 11) is 2.74. The highest BCUT2D eigenvalue weighted by atomic mass is 79.9. The van der Waals surface area contributed by atoms with E-state index >= 15 is 0 Å². The van der Waals surface area contributed by atoms with E-state index in [-0.39, 0.29) is 30.3 Å². The Hall–Kier alpha value is -3.65. The van der Waals surface area contributed by atoms with E-state index in [9.17, 15) is 23.2 Å². The Bertz CT molecular complexity index is 1290. The molecule has 3 aromatic rings. The van der Waals surface area contributed by atoms with E-state index in [1.165, 1.54) is 31.2 Å². The maximum absolute atomic E-state index is 13.9. The number of halogens is 3. The Labute approximate surface area is 235 Å². The van der Waals surface area contributed by atoms with Crippen molar-refractivity contribution in [3.05, 3.63) is 64.1 Å². The van der Waals surface area contributed by atoms with Crippen LogP contribution in [0.3, 0.4) is 0 Å². The summed E-state index contributed by atoms with van der Waals surface area (Å²) in [5, 5.41) is 13.9. The predicted molar refractivity (Wildman–Crippen MR) is 144 cm³/mol. The molecule has 0 unspecified atom stereocenters. The second-order valence-electron chi connectivity index (χ2n) is 8.25. The molecule has 0 radical (unpaired) electrons. The Balaban J connectivity index is 1.58. The van der Waals surface area contributed by atoms with Gasteiger partial charge < -0.3 is 19.7 Å². The van der Waals surface area contributed by atoms with Crippen LogP contribution in [0.5, 0.6) is 0 Å². The summed E-state index contributed by atoms with van der Waals surface area (Å²) >= 11 is 4.53. The molecule has 2 aromatic carbocycles. The van der Waals surface area contributed by atoms with Crippen LogP contribution in [0.1, 0.15) is 24.8 Å². The van der Waals surface area contributed by atoms with Gasteiger partial charge in [0.2, 0.25) is 5.13 Å². The summed E-state index contributed by atoms with van der Waals surface area (Å²) in [6, 6.07) is 9.88. The van der Waals surface area contributed by atoms with Crippen molar-refractivity contribution in [3.63, 3.8) is 0 Å². The third-order valence-corrected chi connectivity index (χ3v) is 7.02. The Morgan fingerprint density at radius 3 is 2.59 bits per heavy atom. The molecule has 208 valence electrons. The molecule has 1 heterocycles. The molecule has 0 bridgehead atoms. The van der Waals surface area contributed by atoms with Crippen molar-refractivity contribution in [3.8, 4) is 10.6 Å². The summed E-state index contributed by atoms with van der Waals surface area (Å²) in [6.07, 6.45) is -0.0483. The molecule has 3 rings (SSSR count). The van der Waals surface area contributed by atoms with Crippen molar-refractivity contribution >= 4 is 50.5 Å². The van der Waals surface area contributed by atoms with Crippen LogP contribution in [0.15, 0.2) is 46.9 Å². The van der Waals surface area contributed by atoms with Gasteiger partial charge in [0, 0.05) is 35.6 Å². The predicted octanol–water partition coefficient (Wildman–Crippen LogP) is 5.35. The maximum Gasteiger partial charge on any atom is 0.413 e. The van der Waals surface area contributed by atoms with Crippen LogP contribution in [0.25, 0.3) is 10.6 Å². The first-order valence-electron chi connectivity index (χ1n) is 11.7. The number of urea groups is 1. The number of carbonyl (C=O) groups is 3. The van der Waals surface area contributed by atoms with Crippen LogP contribution in [0.4, 0.5) is 23.5 Å². The lowest BCUT2D eigenvalue weighted by molar-refractivity contribution is -0.140. The number of hydrogen-bond donors (Lipinski definition) is 2. The Morgan fingerprint density at radius 1 is 1.13 bits per heavy atom. The molecular formula is C25H26BrF2N5O5S. The minimum atomic E-state index is -1.05. The topological polar surface area (TPSA) is 123 Å². The Kier molecular flexibility index (Phi) is 11.1. The highest BCUT2D eigenvalue weighted by molar-refractivity contribution is 9.10. The van der Waals surface area contributed by atoms with E-state index in [1.807, 2.05) is 24.3 Å². The van der Waals surface area contributed by atoms with Gasteiger partial charge in [-0.05, 0) is 31.0 Å². The fourth-order valence-electron chi connectivity index (χ4n) is 3.40. The molecule has 14 heteroatoms. The molecule has 0 fully saturated rings. The first kappa shape index (κ1) is 29.9. The number of hydrogen-bond acceptors (Lipinski definition) is 8. The molecule has 0 saturated heterocycles. The van der Waals surface area contributed by atoms with Gasteiger partial charge in [-0.1, -0.05) is 51.5 Å². The molecule has 0 aliphatic carbocycles. The molecule has 3 amide bonds. The number of nitrogens with zero attached hydrogens (tertiary/aromatic N) is 3. The van der Waals surface area contributed by atoms with Crippen LogP contribution >= 0.6 is 27.3 Å². The van der Waals surface area contributed by atoms with Crippen molar-refractivity contribution in [2.24, 2.45) is 0 Å². The number of ether oxygens (including phenoxy) is 2. The number of rotatable bonds is 11. The molecule has 0 aliphatic heterocycles. The zero-order chi connectivity index (χ0) is 28.4. The number of likely N-dealkylation sites (N-methyl/N-ethyl adjacent to an activating group) is 1. The molecule has 0 aliphatic rings. The zero-order valence-corrected chi connectivity index (χ0v) is 23.5. The first-order valence-corrected chi connectivity index (χ1v) is 13.3. The number of carbonyl (C=O) groups excluding carboxylic acids is 3. The van der Waals surface area contributed by atoms with Gasteiger partial charge in [0.1, 0.15) is 11.6 Å². The van der Waals surface area contributed by atoms with Crippen LogP contribution in [-0.2, 0) is 20.8 Å². The van der Waals surface area contributed by atoms with Crippen LogP contribution < -0.4 is 10.6 Å². The van der Waals surface area contributed by atoms with Gasteiger partial charge >= 0.3 is 18.1 Å². The zero-order valence-electron chi connectivity index (χ0n) is 21.1. The number of benzene rings is 2. The van der Waals surface area contributed by atoms with E-state index < -0.39 is 35.8 Å². The van der Waals surface area contributed by atoms with Crippen LogP contribution in [0, 0.1) is 11.6 Å². The summed E-state index contributed by atoms with van der Waals surface area (Å²) in [4.78, 5) is 38.0. The molecule has 2 N–H and O–H groups in total. The fourth-order valence-corrected chi connectivity index (χ4v) is 4.40. The summed E-state index contributed by atoms with van der Waals surface area (Å²) in [5.74, 6) is -2.48. The van der Waals surface area contributed by atoms with E-state index in [0.717, 1.165) is 27.4 Å². The molecule has 1 atom stereocenters. The lowest BCUT2D eigenvalue weighted by Crippen LogP contribution is -2.46. The Morgan fingerprint density at radius 2 is 1.87 bits per heavy atom. The minimum Gasteiger partial charge on any atom is -0.469 e. The van der Waals surface area contributed by atoms with Crippen molar-refractivity contribution in [2.45, 2.75) is 31.8 Å². The number of anilines is 1. The number of methoxy groups -OCH3 is 1. The summed E-state index contributed by atoms with van der Waals surface area (Å²) < 4.78 is 38.3. The second-order valence-corrected chi connectivity index (χ2v) is 10.1. The number of esters is 1. The van der Waals surface area contributed by atoms with Gasteiger partial charge in [0.25, 0.3) is 0 Å². The molecule has 10 nitrogen and oxygen atoms in total. The van der Waals surface area contributed by atoms with E-state index in [1.54, 1.807) is 0 Å². The lowest BCUT2D eigenvalue weighted by atomic mass is 10.1. The minimum absolute atomic E-state index is 0.0193. The van der Waals surface area contributed by atoms with Gasteiger partial charge in [0.05, 0.1) is 13.2 Å². The van der Waals surface area contributed by atoms with E-state index in [2.05, 4.69) is 41.5 Å². The third-order valence-electron chi connectivity index (χ3n) is 5.61. The van der Waals surface area contributed by atoms with Crippen LogP contribution in [0.2, 0.25) is 0 Å². The van der Waals surface area contributed by atoms with Crippen molar-refractivity contribution in [1.29, 1.82) is 0 Å². The van der Waals surface area contributed by atoms with Gasteiger partial charge in [-0.15, -0.1) is 10.2 Å². The average molecular weight is 626 g/mol. The van der Waals surface area contributed by atoms with E-state index in [4.69, 9.17) is 4.74 Å². The molecular weight excluding hydrogens is 600 g/mol. The third kappa shape index (κ3) is 8.96. The lowest BCUT2D eigenvalue weighted by Gasteiger charge is -2.28. The molecule has 39 heavy (non-hydrogen) atoms. The van der Waals surface area contributed by atoms with Crippen LogP contribution in [-0.4, -0.2) is 60.0 Å². The normalized spacial score (nSPS) is 11.4. The summed E-state index contributed by atoms with van der Waals surface area (Å²) in [5.41, 5.74) is 0.808. The SMILES string of the molecule is COC(=O)CCC[C@@H](COC(=O)Nc1nnc(-c2ccc(Br)cc2)s1)N(C)C(=O)NCc1cccc(F)c1F. The molecule has 1 aromatic heterocycles. The monoisotopic (exact) mass is 625 g/mol. The smallest absolute Gasteiger partial charge is 0.413 e. The quantitative estimate of drug-likeness (QED) is 0.275. The van der Waals surface area contributed by atoms with Crippen molar-refractivity contribution in [1.82, 2.24) is 20.4 Å². The number of amides is 3. The van der Waals surface area contributed by atoms with Crippen molar-refractivity contribution < 1.29 is 32.6 Å². The van der Waals surface area contributed by atoms with Gasteiger partial charge in [-0.25, -0.2) is 18.4 Å². The number of nitrogens with one attached hydrogen (secondary N) is 2. The first-order chi connectivity index (χ1) is 18.7. The highest BCUT2D eigenvalue weighted by Crippen LogP contribution is 2.27. The molecule has 0 spiro atoms. The highest BCUT2D eigenvalue weighted by Gasteiger charge is 2.23. The second kappa shape index (κ2) is 14.5. The van der Waals surface area contributed by atoms with Gasteiger partial charge in [-0.2, -0.15) is 0 Å². The summed E-state index contributed by atoms with van der Waals surface area (Å²) in [6.45, 7) is -0.454. The standard InChI is InChI=1S/C25H26BrF2N5O5S/c1-33(24(35)29-13-16-5-3-7-19(27)21(16)28)18(6-4-8-20(34)37-2)14-38-25(36)30-23-32-31-22(39-23)15-9-11-17(26)12-10-15/h3,5,7,9-12,18H,4,6,8,13-14H2,1-2H3,(H,29,35)(H,30,32,36)/t18-/m0/s1. The van der Waals surface area contributed by atoms with E-state index in [0.29, 0.717) is 17.8 Å². The maximum atomic E-state index is 13.9.